The Bertz CT molecular complexity index is 2790. The van der Waals surface area contributed by atoms with Gasteiger partial charge in [0.15, 0.2) is 11.6 Å². The van der Waals surface area contributed by atoms with E-state index >= 15 is 8.78 Å². The first-order chi connectivity index (χ1) is 31.7. The summed E-state index contributed by atoms with van der Waals surface area (Å²) >= 11 is 0. The van der Waals surface area contributed by atoms with Crippen molar-refractivity contribution in [2.24, 2.45) is 0 Å². The number of carbonyl (C=O) groups excluding carboxylic acids is 3. The molecule has 3 atom stereocenters. The van der Waals surface area contributed by atoms with Crippen molar-refractivity contribution in [3.63, 3.8) is 0 Å². The van der Waals surface area contributed by atoms with Crippen molar-refractivity contribution < 1.29 is 45.4 Å². The zero-order valence-corrected chi connectivity index (χ0v) is 36.6. The highest BCUT2D eigenvalue weighted by molar-refractivity contribution is 7.90. The van der Waals surface area contributed by atoms with Crippen LogP contribution in [0.3, 0.4) is 0 Å². The van der Waals surface area contributed by atoms with E-state index in [4.69, 9.17) is 9.47 Å². The van der Waals surface area contributed by atoms with Crippen LogP contribution in [0.5, 0.6) is 11.5 Å². The third-order valence-corrected chi connectivity index (χ3v) is 14.9. The Labute approximate surface area is 378 Å². The van der Waals surface area contributed by atoms with Crippen molar-refractivity contribution in [1.29, 1.82) is 5.26 Å². The summed E-state index contributed by atoms with van der Waals surface area (Å²) in [5.74, 6) is -2.63. The highest BCUT2D eigenvalue weighted by Gasteiger charge is 2.44. The van der Waals surface area contributed by atoms with Gasteiger partial charge in [-0.2, -0.15) is 18.0 Å². The molecule has 21 heteroatoms. The predicted octanol–water partition coefficient (Wildman–Crippen LogP) is 4.46. The number of nitrogens with zero attached hydrogens (tertiary/aromatic N) is 6. The number of aromatic nitrogens is 2. The number of nitrogens with one attached hydrogen (secondary N) is 3. The largest absolute Gasteiger partial charge is 0.453 e. The number of likely N-dealkylation sites (tertiary alicyclic amines) is 2. The van der Waals surface area contributed by atoms with E-state index in [0.717, 1.165) is 16.4 Å². The van der Waals surface area contributed by atoms with E-state index in [1.54, 1.807) is 18.2 Å². The summed E-state index contributed by atoms with van der Waals surface area (Å²) in [7, 11) is -4.26. The molecule has 0 bridgehead atoms. The van der Waals surface area contributed by atoms with E-state index < -0.39 is 56.6 Å². The molecule has 66 heavy (non-hydrogen) atoms. The van der Waals surface area contributed by atoms with Gasteiger partial charge in [-0.1, -0.05) is 6.07 Å². The van der Waals surface area contributed by atoms with Crippen molar-refractivity contribution in [2.75, 3.05) is 62.5 Å². The number of halogens is 3. The summed E-state index contributed by atoms with van der Waals surface area (Å²) in [6.07, 6.45) is 3.77. The number of rotatable bonds is 11. The first-order valence-electron chi connectivity index (χ1n) is 22.0. The number of nitriles is 1. The summed E-state index contributed by atoms with van der Waals surface area (Å²) in [6, 6.07) is 12.1. The van der Waals surface area contributed by atoms with E-state index in [2.05, 4.69) is 25.2 Å². The molecule has 3 aromatic carbocycles. The quantitative estimate of drug-likeness (QED) is 0.178. The second-order valence-electron chi connectivity index (χ2n) is 17.7. The zero-order valence-electron chi connectivity index (χ0n) is 35.8. The van der Waals surface area contributed by atoms with Crippen molar-refractivity contribution >= 4 is 50.2 Å². The second-order valence-corrected chi connectivity index (χ2v) is 19.3. The number of anilines is 2. The highest BCUT2D eigenvalue weighted by Crippen LogP contribution is 2.41. The molecule has 0 saturated carbocycles. The van der Waals surface area contributed by atoms with E-state index in [0.29, 0.717) is 81.5 Å². The standard InChI is InChI=1S/C45H48F3N9O8S/c46-28-11-16-56(23-28)66(62,63)53-38-6-4-35(47)42(34(38)22-49)65-31-2-5-37-33(20-31)44(61)57(26-50-37)30-21-45(64-25-30)12-17-55(18-13-45)41(59)24-54-14-9-27(10-15-54)32-3-1-29(19-36(32)48)51-39-7-8-40(58)52-43(39)60/h1-6,19-20,26-28,30,39,51,53H,7-18,21,23-25H2,(H,52,58,60)/t28-,30-,39?/m1/s1. The third kappa shape index (κ3) is 9.32. The summed E-state index contributed by atoms with van der Waals surface area (Å²) in [5, 5.41) is 15.4. The fraction of sp³-hybridized carbons (Fsp3) is 0.467. The molecule has 4 aromatic rings. The lowest BCUT2D eigenvalue weighted by atomic mass is 9.87. The lowest BCUT2D eigenvalue weighted by Gasteiger charge is -2.40. The number of alkyl halides is 1. The molecule has 17 nitrogen and oxygen atoms in total. The van der Waals surface area contributed by atoms with E-state index in [9.17, 15) is 37.2 Å². The summed E-state index contributed by atoms with van der Waals surface area (Å²) in [4.78, 5) is 59.5. The van der Waals surface area contributed by atoms with Crippen LogP contribution in [0.25, 0.3) is 10.9 Å². The zero-order chi connectivity index (χ0) is 46.3. The lowest BCUT2D eigenvalue weighted by Crippen LogP contribution is -2.50. The highest BCUT2D eigenvalue weighted by atomic mass is 32.2. The Morgan fingerprint density at radius 3 is 2.48 bits per heavy atom. The number of ether oxygens (including phenoxy) is 2. The van der Waals surface area contributed by atoms with Gasteiger partial charge >= 0.3 is 10.2 Å². The van der Waals surface area contributed by atoms with Crippen molar-refractivity contribution in [2.45, 2.75) is 81.1 Å². The maximum absolute atomic E-state index is 15.3. The molecule has 348 valence electrons. The first-order valence-corrected chi connectivity index (χ1v) is 23.5. The molecular formula is C45H48F3N9O8S. The molecule has 6 heterocycles. The number of fused-ring (bicyclic) bond motifs is 1. The molecule has 5 aliphatic heterocycles. The SMILES string of the molecule is N#Cc1c(NS(=O)(=O)N2CC[C@@H](F)C2)ccc(F)c1Oc1ccc2ncn([C@H]3COC4(CCN(C(=O)CN5CCC(c6ccc(NC7CCC(=O)NC7=O)cc6F)CC5)CC4)C3)c(=O)c2c1. The Hall–Kier alpha value is -6.08. The number of benzene rings is 3. The van der Waals surface area contributed by atoms with Gasteiger partial charge in [-0.3, -0.25) is 38.7 Å². The van der Waals surface area contributed by atoms with E-state index in [1.165, 1.54) is 35.2 Å². The summed E-state index contributed by atoms with van der Waals surface area (Å²) < 4.78 is 86.9. The Morgan fingerprint density at radius 2 is 1.77 bits per heavy atom. The molecule has 0 radical (unpaired) electrons. The minimum atomic E-state index is -4.26. The summed E-state index contributed by atoms with van der Waals surface area (Å²) in [6.45, 7) is 2.33. The van der Waals surface area contributed by atoms with Crippen LogP contribution in [-0.4, -0.2) is 120 Å². The van der Waals surface area contributed by atoms with Gasteiger partial charge in [0.2, 0.25) is 17.7 Å². The van der Waals surface area contributed by atoms with Gasteiger partial charge in [-0.05, 0) is 112 Å². The lowest BCUT2D eigenvalue weighted by molar-refractivity contribution is -0.137. The van der Waals surface area contributed by atoms with Crippen LogP contribution in [0.15, 0.2) is 59.7 Å². The van der Waals surface area contributed by atoms with Gasteiger partial charge in [0.25, 0.3) is 5.56 Å². The molecule has 3 N–H and O–H groups in total. The predicted molar refractivity (Wildman–Crippen MR) is 234 cm³/mol. The van der Waals surface area contributed by atoms with Gasteiger partial charge < -0.3 is 19.7 Å². The molecule has 5 saturated heterocycles. The maximum Gasteiger partial charge on any atom is 0.301 e. The third-order valence-electron chi connectivity index (χ3n) is 13.4. The number of imide groups is 1. The van der Waals surface area contributed by atoms with Crippen LogP contribution in [0.4, 0.5) is 24.5 Å². The van der Waals surface area contributed by atoms with Gasteiger partial charge in [-0.25, -0.2) is 18.2 Å². The maximum atomic E-state index is 15.3. The van der Waals surface area contributed by atoms with Crippen LogP contribution >= 0.6 is 0 Å². The van der Waals surface area contributed by atoms with Crippen LogP contribution < -0.4 is 25.7 Å². The number of piperidine rings is 3. The Kier molecular flexibility index (Phi) is 12.5. The molecular weight excluding hydrogens is 884 g/mol. The number of amides is 3. The molecule has 5 fully saturated rings. The van der Waals surface area contributed by atoms with Gasteiger partial charge in [0, 0.05) is 38.3 Å². The van der Waals surface area contributed by atoms with E-state index in [1.807, 2.05) is 4.90 Å². The van der Waals surface area contributed by atoms with Crippen LogP contribution in [-0.2, 0) is 29.3 Å². The molecule has 5 aliphatic rings. The van der Waals surface area contributed by atoms with Gasteiger partial charge in [-0.15, -0.1) is 0 Å². The average Bonchev–Trinajstić information content (AvgIpc) is 3.93. The molecule has 0 aliphatic carbocycles. The average molecular weight is 932 g/mol. The molecule has 1 spiro atoms. The monoisotopic (exact) mass is 931 g/mol. The molecule has 9 rings (SSSR count). The minimum Gasteiger partial charge on any atom is -0.453 e. The van der Waals surface area contributed by atoms with Crippen LogP contribution in [0.1, 0.15) is 74.5 Å². The molecule has 3 amide bonds. The number of hydrogen-bond donors (Lipinski definition) is 3. The van der Waals surface area contributed by atoms with Gasteiger partial charge in [0.1, 0.15) is 35.4 Å². The van der Waals surface area contributed by atoms with Crippen LogP contribution in [0, 0.1) is 23.0 Å². The summed E-state index contributed by atoms with van der Waals surface area (Å²) in [5.41, 5.74) is -0.230. The van der Waals surface area contributed by atoms with Crippen molar-refractivity contribution in [3.05, 3.63) is 88.0 Å². The Morgan fingerprint density at radius 1 is 0.985 bits per heavy atom. The van der Waals surface area contributed by atoms with Gasteiger partial charge in [0.05, 0.1) is 47.7 Å². The van der Waals surface area contributed by atoms with E-state index in [-0.39, 0.29) is 85.5 Å². The first kappa shape index (κ1) is 45.1. The minimum absolute atomic E-state index is 0.00306. The molecule has 1 unspecified atom stereocenters. The number of carbonyl (C=O) groups is 3. The Balaban J connectivity index is 0.783. The van der Waals surface area contributed by atoms with Crippen LogP contribution in [0.2, 0.25) is 0 Å². The normalized spacial score (nSPS) is 22.9. The fourth-order valence-electron chi connectivity index (χ4n) is 9.70. The smallest absolute Gasteiger partial charge is 0.301 e. The van der Waals surface area contributed by atoms with Crippen molar-refractivity contribution in [3.8, 4) is 17.6 Å². The number of hydrogen-bond acceptors (Lipinski definition) is 12. The van der Waals surface area contributed by atoms with Crippen molar-refractivity contribution in [1.82, 2.24) is 29.0 Å². The fourth-order valence-corrected chi connectivity index (χ4v) is 11.0. The molecule has 1 aromatic heterocycles. The topological polar surface area (TPSA) is 208 Å². The second kappa shape index (κ2) is 18.3.